The van der Waals surface area contributed by atoms with Crippen LogP contribution >= 0.6 is 0 Å². The van der Waals surface area contributed by atoms with Gasteiger partial charge in [-0.1, -0.05) is 48.5 Å². The predicted molar refractivity (Wildman–Crippen MR) is 142 cm³/mol. The Balaban J connectivity index is 1.44. The number of benzene rings is 3. The van der Waals surface area contributed by atoms with E-state index in [1.165, 1.54) is 30.7 Å². The molecule has 0 bridgehead atoms. The number of carbonyl (C=O) groups is 2. The Morgan fingerprint density at radius 1 is 0.784 bits per heavy atom. The zero-order valence-corrected chi connectivity index (χ0v) is 21.3. The van der Waals surface area contributed by atoms with Crippen molar-refractivity contribution in [2.75, 3.05) is 13.1 Å². The first kappa shape index (κ1) is 23.6. The Morgan fingerprint density at radius 3 is 2.27 bits per heavy atom. The van der Waals surface area contributed by atoms with E-state index in [1.807, 2.05) is 18.2 Å². The summed E-state index contributed by atoms with van der Waals surface area (Å²) in [6.45, 7) is 1.81. The normalized spacial score (nSPS) is 19.6. The maximum absolute atomic E-state index is 13.9. The second kappa shape index (κ2) is 9.27. The van der Waals surface area contributed by atoms with E-state index >= 15 is 0 Å². The summed E-state index contributed by atoms with van der Waals surface area (Å²) in [6, 6.07) is 20.9. The third kappa shape index (κ3) is 4.05. The minimum atomic E-state index is -3.91. The number of nitrogens with zero attached hydrogens (tertiary/aromatic N) is 1. The zero-order valence-electron chi connectivity index (χ0n) is 20.4. The Morgan fingerprint density at radius 2 is 1.49 bits per heavy atom. The molecule has 0 N–H and O–H groups in total. The summed E-state index contributed by atoms with van der Waals surface area (Å²) >= 11 is 0. The fraction of sp³-hybridized carbons (Fsp3) is 0.226. The molecule has 0 amide bonds. The Bertz CT molecular complexity index is 1590. The molecule has 3 aliphatic rings. The molecule has 0 radical (unpaired) electrons. The van der Waals surface area contributed by atoms with Gasteiger partial charge in [0.25, 0.3) is 0 Å². The second-order valence-electron chi connectivity index (χ2n) is 9.82. The van der Waals surface area contributed by atoms with Crippen molar-refractivity contribution in [1.82, 2.24) is 4.90 Å². The molecule has 6 heteroatoms. The molecule has 0 aromatic heterocycles. The van der Waals surface area contributed by atoms with Gasteiger partial charge in [0.1, 0.15) is 0 Å². The van der Waals surface area contributed by atoms with Gasteiger partial charge >= 0.3 is 0 Å². The summed E-state index contributed by atoms with van der Waals surface area (Å²) in [7, 11) is -3.91. The number of allylic oxidation sites excluding steroid dienone is 2. The minimum Gasteiger partial charge on any atom is -0.371 e. The first-order valence-corrected chi connectivity index (χ1v) is 14.2. The minimum absolute atomic E-state index is 0.000678. The van der Waals surface area contributed by atoms with E-state index < -0.39 is 9.84 Å². The summed E-state index contributed by atoms with van der Waals surface area (Å²) in [4.78, 5) is 29.2. The van der Waals surface area contributed by atoms with E-state index in [1.54, 1.807) is 18.2 Å². The quantitative estimate of drug-likeness (QED) is 0.322. The lowest BCUT2D eigenvalue weighted by atomic mass is 9.96. The highest BCUT2D eigenvalue weighted by molar-refractivity contribution is 7.91. The SMILES string of the molecule is O=C(C1=C(N2CCCCC2)C(=Cc2ccccc2)CC1)c1ccc2c(c1)S(=O)(=O)c1ccccc1C2=O. The molecule has 2 aliphatic heterocycles. The predicted octanol–water partition coefficient (Wildman–Crippen LogP) is 5.86. The largest absolute Gasteiger partial charge is 0.371 e. The first-order chi connectivity index (χ1) is 17.9. The number of piperidine rings is 1. The van der Waals surface area contributed by atoms with Gasteiger partial charge in [0.05, 0.1) is 9.79 Å². The topological polar surface area (TPSA) is 71.5 Å². The first-order valence-electron chi connectivity index (χ1n) is 12.8. The van der Waals surface area contributed by atoms with Crippen molar-refractivity contribution >= 4 is 27.5 Å². The Hall–Kier alpha value is -3.77. The maximum atomic E-state index is 13.9. The highest BCUT2D eigenvalue weighted by Crippen LogP contribution is 2.40. The van der Waals surface area contributed by atoms with Crippen LogP contribution in [0.3, 0.4) is 0 Å². The molecule has 1 aliphatic carbocycles. The summed E-state index contributed by atoms with van der Waals surface area (Å²) in [5.74, 6) is -0.497. The lowest BCUT2D eigenvalue weighted by molar-refractivity contribution is 0.101. The summed E-state index contributed by atoms with van der Waals surface area (Å²) in [5, 5.41) is 0. The van der Waals surface area contributed by atoms with Crippen LogP contribution in [0.2, 0.25) is 0 Å². The highest BCUT2D eigenvalue weighted by atomic mass is 32.2. The standard InChI is InChI=1S/C31H27NO4S/c33-30(23-14-15-25-28(20-23)37(35,36)27-12-6-5-11-24(27)31(25)34)26-16-13-22(19-21-9-3-1-4-10-21)29(26)32-17-7-2-8-18-32/h1,3-6,9-12,14-15,19-20H,2,7-8,13,16-18H2. The van der Waals surface area contributed by atoms with Crippen molar-refractivity contribution in [2.45, 2.75) is 41.9 Å². The highest BCUT2D eigenvalue weighted by Gasteiger charge is 2.36. The van der Waals surface area contributed by atoms with E-state index in [0.717, 1.165) is 54.8 Å². The lowest BCUT2D eigenvalue weighted by Crippen LogP contribution is -2.30. The third-order valence-corrected chi connectivity index (χ3v) is 9.37. The molecule has 0 unspecified atom stereocenters. The second-order valence-corrected chi connectivity index (χ2v) is 11.7. The van der Waals surface area contributed by atoms with Crippen LogP contribution in [-0.4, -0.2) is 38.0 Å². The van der Waals surface area contributed by atoms with Crippen LogP contribution < -0.4 is 0 Å². The molecule has 37 heavy (non-hydrogen) atoms. The van der Waals surface area contributed by atoms with Crippen LogP contribution in [0.25, 0.3) is 6.08 Å². The summed E-state index contributed by atoms with van der Waals surface area (Å²) in [5.41, 5.74) is 4.57. The average molecular weight is 510 g/mol. The number of hydrogen-bond donors (Lipinski definition) is 0. The van der Waals surface area contributed by atoms with E-state index in [0.29, 0.717) is 12.0 Å². The molecular weight excluding hydrogens is 482 g/mol. The van der Waals surface area contributed by atoms with Crippen molar-refractivity contribution in [3.63, 3.8) is 0 Å². The number of rotatable bonds is 4. The monoisotopic (exact) mass is 509 g/mol. The van der Waals surface area contributed by atoms with Gasteiger partial charge in [0, 0.05) is 41.1 Å². The number of hydrogen-bond acceptors (Lipinski definition) is 5. The van der Waals surface area contributed by atoms with Gasteiger partial charge in [-0.2, -0.15) is 0 Å². The van der Waals surface area contributed by atoms with E-state index in [9.17, 15) is 18.0 Å². The number of likely N-dealkylation sites (tertiary alicyclic amines) is 1. The van der Waals surface area contributed by atoms with E-state index in [2.05, 4.69) is 23.1 Å². The molecule has 0 atom stereocenters. The Kier molecular flexibility index (Phi) is 5.92. The van der Waals surface area contributed by atoms with Crippen molar-refractivity contribution < 1.29 is 18.0 Å². The number of ketones is 2. The van der Waals surface area contributed by atoms with Crippen molar-refractivity contribution in [3.8, 4) is 0 Å². The van der Waals surface area contributed by atoms with Gasteiger partial charge in [-0.3, -0.25) is 9.59 Å². The number of sulfone groups is 1. The van der Waals surface area contributed by atoms with Crippen LogP contribution in [0.4, 0.5) is 0 Å². The van der Waals surface area contributed by atoms with E-state index in [-0.39, 0.29) is 32.5 Å². The molecule has 6 rings (SSSR count). The van der Waals surface area contributed by atoms with Crippen LogP contribution in [-0.2, 0) is 9.84 Å². The third-order valence-electron chi connectivity index (χ3n) is 7.52. The number of fused-ring (bicyclic) bond motifs is 2. The summed E-state index contributed by atoms with van der Waals surface area (Å²) < 4.78 is 26.8. The fourth-order valence-electron chi connectivity index (χ4n) is 5.71. The van der Waals surface area contributed by atoms with Crippen LogP contribution in [0, 0.1) is 0 Å². The summed E-state index contributed by atoms with van der Waals surface area (Å²) in [6.07, 6.45) is 6.89. The molecule has 0 saturated carbocycles. The molecule has 0 spiro atoms. The smallest absolute Gasteiger partial charge is 0.208 e. The van der Waals surface area contributed by atoms with Gasteiger partial charge < -0.3 is 4.90 Å². The van der Waals surface area contributed by atoms with Gasteiger partial charge in [0.2, 0.25) is 9.84 Å². The van der Waals surface area contributed by atoms with E-state index in [4.69, 9.17) is 0 Å². The van der Waals surface area contributed by atoms with Gasteiger partial charge in [-0.05, 0) is 73.6 Å². The van der Waals surface area contributed by atoms with Crippen LogP contribution in [0.1, 0.15) is 63.9 Å². The fourth-order valence-corrected chi connectivity index (χ4v) is 7.39. The van der Waals surface area contributed by atoms with Gasteiger partial charge in [0.15, 0.2) is 11.6 Å². The van der Waals surface area contributed by atoms with Crippen molar-refractivity contribution in [2.24, 2.45) is 0 Å². The van der Waals surface area contributed by atoms with Crippen molar-refractivity contribution in [3.05, 3.63) is 112 Å². The molecule has 1 fully saturated rings. The lowest BCUT2D eigenvalue weighted by Gasteiger charge is -2.31. The molecule has 1 saturated heterocycles. The molecular formula is C31H27NO4S. The average Bonchev–Trinajstić information content (AvgIpc) is 3.35. The Labute approximate surface area is 217 Å². The number of carbonyl (C=O) groups excluding carboxylic acids is 2. The number of Topliss-reactive ketones (excluding diaryl/α,β-unsaturated/α-hetero) is 1. The maximum Gasteiger partial charge on any atom is 0.208 e. The molecule has 3 aromatic rings. The van der Waals surface area contributed by atoms with Crippen LogP contribution in [0.5, 0.6) is 0 Å². The van der Waals surface area contributed by atoms with Crippen LogP contribution in [0.15, 0.2) is 99.4 Å². The van der Waals surface area contributed by atoms with Gasteiger partial charge in [-0.25, -0.2) is 8.42 Å². The molecule has 2 heterocycles. The van der Waals surface area contributed by atoms with Crippen molar-refractivity contribution in [1.29, 1.82) is 0 Å². The van der Waals surface area contributed by atoms with Gasteiger partial charge in [-0.15, -0.1) is 0 Å². The molecule has 5 nitrogen and oxygen atoms in total. The zero-order chi connectivity index (χ0) is 25.6. The molecule has 3 aromatic carbocycles. The molecule has 186 valence electrons.